The molecule has 0 unspecified atom stereocenters. The van der Waals surface area contributed by atoms with E-state index in [9.17, 15) is 9.59 Å². The third-order valence-corrected chi connectivity index (χ3v) is 10.2. The second kappa shape index (κ2) is 16.1. The molecule has 0 radical (unpaired) electrons. The number of carbonyl (C=O) groups is 2. The van der Waals surface area contributed by atoms with Crippen molar-refractivity contribution >= 4 is 45.5 Å². The van der Waals surface area contributed by atoms with E-state index >= 15 is 0 Å². The van der Waals surface area contributed by atoms with Crippen LogP contribution in [-0.2, 0) is 22.6 Å². The van der Waals surface area contributed by atoms with Crippen LogP contribution in [0.5, 0.6) is 0 Å². The minimum atomic E-state index is -0.214. The maximum absolute atomic E-state index is 12.0. The number of ether oxygens (including phenoxy) is 2. The molecule has 0 spiro atoms. The van der Waals surface area contributed by atoms with Crippen LogP contribution in [0.1, 0.15) is 36.8 Å². The molecule has 2 aliphatic heterocycles. The highest BCUT2D eigenvalue weighted by Gasteiger charge is 2.25. The number of nitrogens with one attached hydrogen (secondary N) is 8. The number of amides is 4. The number of aromatic nitrogens is 8. The summed E-state index contributed by atoms with van der Waals surface area (Å²) in [5.74, 6) is 1.30. The minimum Gasteiger partial charge on any atom is -0.379 e. The van der Waals surface area contributed by atoms with E-state index < -0.39 is 0 Å². The van der Waals surface area contributed by atoms with Gasteiger partial charge >= 0.3 is 12.1 Å². The molecule has 0 atom stereocenters. The van der Waals surface area contributed by atoms with Crippen molar-refractivity contribution in [2.45, 2.75) is 50.9 Å². The molecule has 18 heteroatoms. The summed E-state index contributed by atoms with van der Waals surface area (Å²) in [5.41, 5.74) is 8.68. The number of hydrogen-bond acceptors (Lipinski definition) is 10. The molecule has 2 aliphatic carbocycles. The lowest BCUT2D eigenvalue weighted by molar-refractivity contribution is 0.0341. The lowest BCUT2D eigenvalue weighted by atomic mass is 10.2. The van der Waals surface area contributed by atoms with Crippen LogP contribution in [0.4, 0.5) is 21.0 Å². The minimum absolute atomic E-state index is 0.214. The fraction of sp³-hybridized carbons (Fsp3) is 0.421. The normalized spacial score (nSPS) is 17.7. The Morgan fingerprint density at radius 3 is 1.48 bits per heavy atom. The molecule has 4 aromatic heterocycles. The van der Waals surface area contributed by atoms with Gasteiger partial charge in [-0.1, -0.05) is 12.1 Å². The molecule has 0 bridgehead atoms. The van der Waals surface area contributed by atoms with Crippen LogP contribution in [-0.4, -0.2) is 127 Å². The zero-order chi connectivity index (χ0) is 37.8. The molecular formula is C38H46N14O4. The average Bonchev–Trinajstić information content (AvgIpc) is 3.94. The Morgan fingerprint density at radius 2 is 1.07 bits per heavy atom. The number of anilines is 2. The van der Waals surface area contributed by atoms with Crippen molar-refractivity contribution in [3.05, 3.63) is 59.9 Å². The van der Waals surface area contributed by atoms with E-state index in [4.69, 9.17) is 9.47 Å². The van der Waals surface area contributed by atoms with Crippen LogP contribution in [0.2, 0.25) is 0 Å². The Bertz CT molecular complexity index is 2130. The maximum Gasteiger partial charge on any atom is 0.319 e. The molecule has 10 rings (SSSR count). The van der Waals surface area contributed by atoms with Crippen LogP contribution < -0.4 is 21.3 Å². The topological polar surface area (TPSA) is 222 Å². The number of aromatic amines is 4. The van der Waals surface area contributed by atoms with Gasteiger partial charge in [-0.15, -0.1) is 0 Å². The third-order valence-electron chi connectivity index (χ3n) is 10.2. The summed E-state index contributed by atoms with van der Waals surface area (Å²) in [4.78, 5) is 44.9. The van der Waals surface area contributed by atoms with Crippen molar-refractivity contribution in [2.24, 2.45) is 0 Å². The van der Waals surface area contributed by atoms with E-state index in [0.717, 1.165) is 113 Å². The smallest absolute Gasteiger partial charge is 0.319 e. The number of morpholine rings is 2. The summed E-state index contributed by atoms with van der Waals surface area (Å²) < 4.78 is 10.8. The van der Waals surface area contributed by atoms with Crippen molar-refractivity contribution in [3.8, 4) is 23.0 Å². The number of urea groups is 2. The Labute approximate surface area is 321 Å². The number of carbonyl (C=O) groups excluding carboxylic acids is 2. The average molecular weight is 763 g/mol. The van der Waals surface area contributed by atoms with E-state index in [1.807, 2.05) is 12.1 Å². The maximum atomic E-state index is 12.0. The predicted octanol–water partition coefficient (Wildman–Crippen LogP) is 4.14. The van der Waals surface area contributed by atoms with Gasteiger partial charge in [0.25, 0.3) is 0 Å². The van der Waals surface area contributed by atoms with Crippen LogP contribution >= 0.6 is 0 Å². The highest BCUT2D eigenvalue weighted by Crippen LogP contribution is 2.28. The molecule has 2 saturated carbocycles. The lowest BCUT2D eigenvalue weighted by Gasteiger charge is -2.26. The Hall–Kier alpha value is -5.82. The van der Waals surface area contributed by atoms with Crippen molar-refractivity contribution in [1.29, 1.82) is 0 Å². The summed E-state index contributed by atoms with van der Waals surface area (Å²) >= 11 is 0. The van der Waals surface area contributed by atoms with E-state index in [1.54, 1.807) is 12.4 Å². The molecule has 292 valence electrons. The quantitative estimate of drug-likeness (QED) is 0.0997. The van der Waals surface area contributed by atoms with Crippen LogP contribution in [0.25, 0.3) is 45.1 Å². The number of H-pyrrole nitrogens is 4. The van der Waals surface area contributed by atoms with Crippen molar-refractivity contribution < 1.29 is 19.1 Å². The molecule has 18 nitrogen and oxygen atoms in total. The molecule has 56 heavy (non-hydrogen) atoms. The van der Waals surface area contributed by atoms with Gasteiger partial charge in [-0.3, -0.25) is 20.0 Å². The number of fused-ring (bicyclic) bond motifs is 2. The van der Waals surface area contributed by atoms with Crippen molar-refractivity contribution in [3.63, 3.8) is 0 Å². The molecule has 6 aromatic rings. The van der Waals surface area contributed by atoms with E-state index in [2.05, 4.69) is 95.7 Å². The third kappa shape index (κ3) is 8.83. The molecule has 4 fully saturated rings. The largest absolute Gasteiger partial charge is 0.379 e. The van der Waals surface area contributed by atoms with Gasteiger partial charge in [-0.2, -0.15) is 10.2 Å². The van der Waals surface area contributed by atoms with Crippen molar-refractivity contribution in [1.82, 2.24) is 60.8 Å². The highest BCUT2D eigenvalue weighted by molar-refractivity contribution is 5.94. The number of imidazole rings is 2. The second-order valence-electron chi connectivity index (χ2n) is 14.7. The Balaban J connectivity index is 0.000000146. The van der Waals surface area contributed by atoms with Gasteiger partial charge in [0.2, 0.25) is 0 Å². The summed E-state index contributed by atoms with van der Waals surface area (Å²) in [5, 5.41) is 25.5. The monoisotopic (exact) mass is 762 g/mol. The fourth-order valence-corrected chi connectivity index (χ4v) is 6.85. The summed E-state index contributed by atoms with van der Waals surface area (Å²) in [7, 11) is 0. The lowest BCUT2D eigenvalue weighted by Crippen LogP contribution is -2.35. The van der Waals surface area contributed by atoms with Gasteiger partial charge in [-0.05, 0) is 61.1 Å². The van der Waals surface area contributed by atoms with E-state index in [1.165, 1.54) is 11.1 Å². The summed E-state index contributed by atoms with van der Waals surface area (Å²) in [6.07, 6.45) is 7.37. The number of benzene rings is 2. The van der Waals surface area contributed by atoms with Gasteiger partial charge in [0.15, 0.2) is 11.6 Å². The van der Waals surface area contributed by atoms with Gasteiger partial charge in [-0.25, -0.2) is 19.6 Å². The number of hydrogen-bond donors (Lipinski definition) is 8. The Kier molecular flexibility index (Phi) is 10.3. The van der Waals surface area contributed by atoms with Gasteiger partial charge < -0.3 is 40.7 Å². The number of rotatable bonds is 10. The van der Waals surface area contributed by atoms with Crippen molar-refractivity contribution in [2.75, 3.05) is 63.2 Å². The zero-order valence-corrected chi connectivity index (χ0v) is 31.0. The Morgan fingerprint density at radius 1 is 0.643 bits per heavy atom. The first-order chi connectivity index (χ1) is 27.5. The van der Waals surface area contributed by atoms with Crippen LogP contribution in [0.3, 0.4) is 0 Å². The first kappa shape index (κ1) is 35.9. The zero-order valence-electron chi connectivity index (χ0n) is 31.0. The van der Waals surface area contributed by atoms with Gasteiger partial charge in [0.1, 0.15) is 11.4 Å². The fourth-order valence-electron chi connectivity index (χ4n) is 6.85. The van der Waals surface area contributed by atoms with Gasteiger partial charge in [0.05, 0.1) is 72.3 Å². The summed E-state index contributed by atoms with van der Waals surface area (Å²) in [6, 6.07) is 12.7. The highest BCUT2D eigenvalue weighted by atomic mass is 16.5. The molecule has 8 N–H and O–H groups in total. The molecule has 4 amide bonds. The first-order valence-corrected chi connectivity index (χ1v) is 19.3. The second-order valence-corrected chi connectivity index (χ2v) is 14.7. The molecular weight excluding hydrogens is 717 g/mol. The van der Waals surface area contributed by atoms with E-state index in [-0.39, 0.29) is 12.1 Å². The van der Waals surface area contributed by atoms with Crippen LogP contribution in [0, 0.1) is 0 Å². The molecule has 2 aromatic carbocycles. The predicted molar refractivity (Wildman–Crippen MR) is 210 cm³/mol. The van der Waals surface area contributed by atoms with Crippen LogP contribution in [0.15, 0.2) is 48.8 Å². The SMILES string of the molecule is O=C(Nc1cn[nH]c1-c1nc2ccc(CN3CCOCC3)cc2[nH]1)NC1CC1.O=C(Nc1cn[nH]c1-c1nc2ccc(CN3CCOCC3)cc2[nH]1)NC1CC1. The summed E-state index contributed by atoms with van der Waals surface area (Å²) in [6.45, 7) is 8.78. The molecule has 6 heterocycles. The molecule has 4 aliphatic rings. The van der Waals surface area contributed by atoms with Gasteiger partial charge in [0, 0.05) is 51.4 Å². The van der Waals surface area contributed by atoms with E-state index in [0.29, 0.717) is 46.5 Å². The molecule has 2 saturated heterocycles. The number of nitrogens with zero attached hydrogens (tertiary/aromatic N) is 6. The first-order valence-electron chi connectivity index (χ1n) is 19.3. The standard InChI is InChI=1S/2C19H23N7O2/c2*27-19(21-13-2-3-13)24-16-10-20-25-17(16)18-22-14-4-1-12(9-15(14)23-18)11-26-5-7-28-8-6-26/h2*1,4,9-10,13H,2-3,5-8,11H2,(H,20,25)(H,22,23)(H2,21,24,27).